The van der Waals surface area contributed by atoms with E-state index in [0.29, 0.717) is 24.5 Å². The summed E-state index contributed by atoms with van der Waals surface area (Å²) in [4.78, 5) is 23.3. The van der Waals surface area contributed by atoms with Gasteiger partial charge in [-0.2, -0.15) is 0 Å². The van der Waals surface area contributed by atoms with Crippen molar-refractivity contribution in [1.29, 1.82) is 0 Å². The number of amides is 1. The van der Waals surface area contributed by atoms with Crippen LogP contribution in [0.4, 0.5) is 5.88 Å². The molecule has 5 nitrogen and oxygen atoms in total. The maximum Gasteiger partial charge on any atom is 0.321 e. The normalized spacial score (nSPS) is 16.6. The summed E-state index contributed by atoms with van der Waals surface area (Å²) in [5.41, 5.74) is -0.991. The first-order valence-corrected chi connectivity index (χ1v) is 5.05. The number of carbonyl (C=O) groups excluding carboxylic acids is 2. The molecular weight excluding hydrogens is 210 g/mol. The molecule has 16 heavy (non-hydrogen) atoms. The van der Waals surface area contributed by atoms with Crippen LogP contribution in [-0.2, 0) is 14.3 Å². The van der Waals surface area contributed by atoms with E-state index in [0.717, 1.165) is 0 Å². The molecule has 0 aliphatic heterocycles. The van der Waals surface area contributed by atoms with E-state index in [1.54, 1.807) is 19.1 Å². The van der Waals surface area contributed by atoms with Gasteiger partial charge in [0.15, 0.2) is 5.88 Å². The van der Waals surface area contributed by atoms with E-state index >= 15 is 0 Å². The number of hydrogen-bond acceptors (Lipinski definition) is 4. The first kappa shape index (κ1) is 10.7. The van der Waals surface area contributed by atoms with Crippen molar-refractivity contribution in [3.05, 3.63) is 17.9 Å². The summed E-state index contributed by atoms with van der Waals surface area (Å²) in [6.07, 6.45) is 1.07. The van der Waals surface area contributed by atoms with Crippen molar-refractivity contribution in [2.75, 3.05) is 12.4 Å². The Morgan fingerprint density at radius 1 is 1.44 bits per heavy atom. The number of esters is 1. The van der Waals surface area contributed by atoms with Crippen LogP contribution in [0.5, 0.6) is 0 Å². The first-order valence-electron chi connectivity index (χ1n) is 5.05. The highest BCUT2D eigenvalue weighted by Crippen LogP contribution is 2.47. The van der Waals surface area contributed by atoms with Gasteiger partial charge in [-0.15, -0.1) is 0 Å². The number of nitrogens with one attached hydrogen (secondary N) is 1. The molecule has 86 valence electrons. The molecule has 2 rings (SSSR count). The zero-order valence-corrected chi connectivity index (χ0v) is 9.20. The van der Waals surface area contributed by atoms with Gasteiger partial charge in [-0.25, -0.2) is 0 Å². The van der Waals surface area contributed by atoms with E-state index in [2.05, 4.69) is 10.1 Å². The van der Waals surface area contributed by atoms with Crippen molar-refractivity contribution in [3.8, 4) is 0 Å². The zero-order valence-electron chi connectivity index (χ0n) is 9.20. The molecule has 1 aliphatic carbocycles. The van der Waals surface area contributed by atoms with Crippen LogP contribution in [0.25, 0.3) is 0 Å². The van der Waals surface area contributed by atoms with Crippen LogP contribution in [0.15, 0.2) is 16.5 Å². The maximum absolute atomic E-state index is 11.8. The van der Waals surface area contributed by atoms with Crippen LogP contribution in [0.2, 0.25) is 0 Å². The fourth-order valence-corrected chi connectivity index (χ4v) is 1.58. The number of aryl methyl sites for hydroxylation is 1. The van der Waals surface area contributed by atoms with Gasteiger partial charge in [0.2, 0.25) is 5.91 Å². The highest BCUT2D eigenvalue weighted by Gasteiger charge is 2.58. The average Bonchev–Trinajstić information content (AvgIpc) is 2.98. The highest BCUT2D eigenvalue weighted by molar-refractivity contribution is 6.10. The largest absolute Gasteiger partial charge is 0.468 e. The number of anilines is 1. The molecule has 0 bridgehead atoms. The van der Waals surface area contributed by atoms with Crippen molar-refractivity contribution >= 4 is 17.8 Å². The summed E-state index contributed by atoms with van der Waals surface area (Å²) in [6, 6.07) is 3.40. The summed E-state index contributed by atoms with van der Waals surface area (Å²) in [7, 11) is 1.28. The number of furan rings is 1. The molecule has 0 aromatic carbocycles. The minimum Gasteiger partial charge on any atom is -0.468 e. The minimum absolute atomic E-state index is 0.353. The Kier molecular flexibility index (Phi) is 2.46. The van der Waals surface area contributed by atoms with Gasteiger partial charge in [0.05, 0.1) is 7.11 Å². The molecule has 1 aromatic rings. The van der Waals surface area contributed by atoms with Crippen molar-refractivity contribution < 1.29 is 18.7 Å². The third-order valence-electron chi connectivity index (χ3n) is 2.74. The second-order valence-corrected chi connectivity index (χ2v) is 3.94. The maximum atomic E-state index is 11.8. The zero-order chi connectivity index (χ0) is 11.8. The van der Waals surface area contributed by atoms with Crippen molar-refractivity contribution in [3.63, 3.8) is 0 Å². The van der Waals surface area contributed by atoms with E-state index in [-0.39, 0.29) is 5.91 Å². The molecule has 1 fully saturated rings. The Balaban J connectivity index is 2.06. The average molecular weight is 223 g/mol. The Morgan fingerprint density at radius 3 is 2.56 bits per heavy atom. The van der Waals surface area contributed by atoms with Gasteiger partial charge in [0.25, 0.3) is 0 Å². The van der Waals surface area contributed by atoms with Gasteiger partial charge in [-0.1, -0.05) is 0 Å². The highest BCUT2D eigenvalue weighted by atomic mass is 16.5. The second-order valence-electron chi connectivity index (χ2n) is 3.94. The Hall–Kier alpha value is -1.78. The topological polar surface area (TPSA) is 68.5 Å². The fraction of sp³-hybridized carbons (Fsp3) is 0.455. The van der Waals surface area contributed by atoms with Crippen LogP contribution < -0.4 is 5.32 Å². The fourth-order valence-electron chi connectivity index (χ4n) is 1.58. The van der Waals surface area contributed by atoms with E-state index in [9.17, 15) is 9.59 Å². The molecule has 0 spiro atoms. The van der Waals surface area contributed by atoms with Crippen molar-refractivity contribution in [1.82, 2.24) is 0 Å². The molecule has 1 aliphatic rings. The lowest BCUT2D eigenvalue weighted by atomic mass is 10.1. The molecule has 0 radical (unpaired) electrons. The van der Waals surface area contributed by atoms with Crippen LogP contribution in [0.1, 0.15) is 18.6 Å². The van der Waals surface area contributed by atoms with Crippen molar-refractivity contribution in [2.24, 2.45) is 5.41 Å². The van der Waals surface area contributed by atoms with Crippen LogP contribution >= 0.6 is 0 Å². The standard InChI is InChI=1S/C11H13NO4/c1-7-3-4-8(16-7)12-9(13)11(5-6-11)10(14)15-2/h3-4H,5-6H2,1-2H3,(H,12,13). The number of ether oxygens (including phenoxy) is 1. The summed E-state index contributed by atoms with van der Waals surface area (Å²) in [5.74, 6) is 0.234. The third-order valence-corrected chi connectivity index (χ3v) is 2.74. The first-order chi connectivity index (χ1) is 7.58. The molecule has 0 atom stereocenters. The molecule has 1 saturated carbocycles. The van der Waals surface area contributed by atoms with Crippen molar-refractivity contribution in [2.45, 2.75) is 19.8 Å². The van der Waals surface area contributed by atoms with E-state index in [4.69, 9.17) is 4.42 Å². The minimum atomic E-state index is -0.991. The van der Waals surface area contributed by atoms with Crippen LogP contribution in [0.3, 0.4) is 0 Å². The monoisotopic (exact) mass is 223 g/mol. The number of rotatable bonds is 3. The number of carbonyl (C=O) groups is 2. The summed E-state index contributed by atoms with van der Waals surface area (Å²) in [6.45, 7) is 1.78. The van der Waals surface area contributed by atoms with E-state index < -0.39 is 11.4 Å². The van der Waals surface area contributed by atoms with Gasteiger partial charge >= 0.3 is 5.97 Å². The Labute approximate surface area is 92.8 Å². The molecule has 1 heterocycles. The molecule has 1 amide bonds. The lowest BCUT2D eigenvalue weighted by molar-refractivity contribution is -0.150. The van der Waals surface area contributed by atoms with Gasteiger partial charge in [-0.05, 0) is 25.8 Å². The van der Waals surface area contributed by atoms with Gasteiger partial charge in [-0.3, -0.25) is 14.9 Å². The lowest BCUT2D eigenvalue weighted by Crippen LogP contribution is -2.32. The molecular formula is C11H13NO4. The Morgan fingerprint density at radius 2 is 2.12 bits per heavy atom. The predicted molar refractivity (Wildman–Crippen MR) is 55.8 cm³/mol. The number of hydrogen-bond donors (Lipinski definition) is 1. The van der Waals surface area contributed by atoms with Crippen LogP contribution in [0, 0.1) is 12.3 Å². The van der Waals surface area contributed by atoms with E-state index in [1.807, 2.05) is 0 Å². The SMILES string of the molecule is COC(=O)C1(C(=O)Nc2ccc(C)o2)CC1. The third kappa shape index (κ3) is 1.68. The number of methoxy groups -OCH3 is 1. The smallest absolute Gasteiger partial charge is 0.321 e. The Bertz CT molecular complexity index is 431. The predicted octanol–water partition coefficient (Wildman–Crippen LogP) is 1.48. The second kappa shape index (κ2) is 3.66. The quantitative estimate of drug-likeness (QED) is 0.622. The summed E-state index contributed by atoms with van der Waals surface area (Å²) in [5, 5.41) is 2.57. The molecule has 0 unspecified atom stereocenters. The molecule has 1 aromatic heterocycles. The van der Waals surface area contributed by atoms with Crippen LogP contribution in [-0.4, -0.2) is 19.0 Å². The molecule has 1 N–H and O–H groups in total. The van der Waals surface area contributed by atoms with Gasteiger partial charge in [0.1, 0.15) is 11.2 Å². The molecule has 0 saturated heterocycles. The van der Waals surface area contributed by atoms with Gasteiger partial charge in [0, 0.05) is 6.07 Å². The van der Waals surface area contributed by atoms with E-state index in [1.165, 1.54) is 7.11 Å². The molecule has 5 heteroatoms. The summed E-state index contributed by atoms with van der Waals surface area (Å²) < 4.78 is 9.82. The van der Waals surface area contributed by atoms with Gasteiger partial charge < -0.3 is 9.15 Å². The lowest BCUT2D eigenvalue weighted by Gasteiger charge is -2.10. The summed E-state index contributed by atoms with van der Waals surface area (Å²) >= 11 is 0.